The molecule has 4 rings (SSSR count). The first-order valence-corrected chi connectivity index (χ1v) is 20.0. The van der Waals surface area contributed by atoms with Crippen LogP contribution in [-0.4, -0.2) is 49.2 Å². The molecular weight excluding hydrogens is 637 g/mol. The molecule has 1 aliphatic heterocycles. The predicted octanol–water partition coefficient (Wildman–Crippen LogP) is 9.08. The summed E-state index contributed by atoms with van der Waals surface area (Å²) >= 11 is 0. The topological polar surface area (TPSA) is 63.4 Å². The summed E-state index contributed by atoms with van der Waals surface area (Å²) in [5.41, 5.74) is 9.40. The smallest absolute Gasteiger partial charge is 0.0691 e. The molecular formula is C46H72N6. The maximum Gasteiger partial charge on any atom is 0.0691 e. The predicted molar refractivity (Wildman–Crippen MR) is 224 cm³/mol. The molecule has 0 spiro atoms. The number of likely N-dealkylation sites (tertiary alicyclic amines) is 1. The first-order valence-electron chi connectivity index (χ1n) is 20.0. The molecule has 6 heteroatoms. The zero-order valence-electron chi connectivity index (χ0n) is 33.4. The minimum absolute atomic E-state index is 0.0322. The lowest BCUT2D eigenvalue weighted by molar-refractivity contribution is 0.201. The van der Waals surface area contributed by atoms with Crippen molar-refractivity contribution >= 4 is 0 Å². The van der Waals surface area contributed by atoms with Crippen molar-refractivity contribution in [2.75, 3.05) is 32.7 Å². The van der Waals surface area contributed by atoms with Crippen molar-refractivity contribution in [3.63, 3.8) is 0 Å². The van der Waals surface area contributed by atoms with Gasteiger partial charge in [0, 0.05) is 52.8 Å². The summed E-state index contributed by atoms with van der Waals surface area (Å²) in [6, 6.07) is 10.5. The molecule has 5 unspecified atom stereocenters. The van der Waals surface area contributed by atoms with Gasteiger partial charge in [0.1, 0.15) is 0 Å². The van der Waals surface area contributed by atoms with Crippen LogP contribution < -0.4 is 26.6 Å². The molecule has 6 nitrogen and oxygen atoms in total. The lowest BCUT2D eigenvalue weighted by Crippen LogP contribution is -2.40. The van der Waals surface area contributed by atoms with Gasteiger partial charge in [-0.05, 0) is 93.9 Å². The minimum atomic E-state index is -0.0322. The summed E-state index contributed by atoms with van der Waals surface area (Å²) in [6.07, 6.45) is 12.9. The molecule has 2 aliphatic carbocycles. The summed E-state index contributed by atoms with van der Waals surface area (Å²) in [5, 5.41) is 17.6. The third-order valence-electron chi connectivity index (χ3n) is 12.6. The lowest BCUT2D eigenvalue weighted by atomic mass is 9.92. The van der Waals surface area contributed by atoms with E-state index < -0.39 is 0 Å². The monoisotopic (exact) mass is 709 g/mol. The fraction of sp³-hybridized carbons (Fsp3) is 0.565. The SMILES string of the molecule is C=C(CCCCCN1C(=C)CC2C(C)(CC)C21C)NCC(=C)NCC(=C)NC(Cc1ccccc1)C(=C)NCC(=C)NCCC(CC1CC1)C(=C)C. The van der Waals surface area contributed by atoms with Crippen LogP contribution in [-0.2, 0) is 6.42 Å². The van der Waals surface area contributed by atoms with E-state index in [2.05, 4.69) is 129 Å². The van der Waals surface area contributed by atoms with Crippen LogP contribution in [0.5, 0.6) is 0 Å². The molecule has 1 aromatic rings. The molecule has 0 amide bonds. The van der Waals surface area contributed by atoms with Crippen molar-refractivity contribution in [3.8, 4) is 0 Å². The Morgan fingerprint density at radius 1 is 0.846 bits per heavy atom. The molecule has 2 saturated carbocycles. The van der Waals surface area contributed by atoms with Crippen LogP contribution >= 0.6 is 0 Å². The van der Waals surface area contributed by atoms with Crippen molar-refractivity contribution in [2.45, 2.75) is 110 Å². The number of nitrogens with zero attached hydrogens (tertiary/aromatic N) is 1. The van der Waals surface area contributed by atoms with Crippen LogP contribution in [0, 0.1) is 23.2 Å². The molecule has 1 aromatic carbocycles. The Hall–Kier alpha value is -3.80. The molecule has 0 aromatic heterocycles. The number of hydrogen-bond acceptors (Lipinski definition) is 6. The van der Waals surface area contributed by atoms with Crippen LogP contribution in [0.25, 0.3) is 0 Å². The average Bonchev–Trinajstić information content (AvgIpc) is 4.00. The maximum atomic E-state index is 4.41. The first kappa shape index (κ1) is 41.0. The Labute approximate surface area is 318 Å². The first-order chi connectivity index (χ1) is 24.8. The molecule has 0 bridgehead atoms. The Morgan fingerprint density at radius 3 is 2.17 bits per heavy atom. The Balaban J connectivity index is 1.11. The minimum Gasteiger partial charge on any atom is -0.387 e. The van der Waals surface area contributed by atoms with Crippen molar-refractivity contribution in [1.82, 2.24) is 31.5 Å². The van der Waals surface area contributed by atoms with Gasteiger partial charge in [0.05, 0.1) is 25.7 Å². The largest absolute Gasteiger partial charge is 0.387 e. The highest BCUT2D eigenvalue weighted by Crippen LogP contribution is 2.73. The van der Waals surface area contributed by atoms with Gasteiger partial charge in [-0.25, -0.2) is 0 Å². The summed E-state index contributed by atoms with van der Waals surface area (Å²) in [7, 11) is 0. The van der Waals surface area contributed by atoms with E-state index in [9.17, 15) is 0 Å². The molecule has 5 N–H and O–H groups in total. The lowest BCUT2D eigenvalue weighted by Gasteiger charge is -2.34. The number of piperidine rings is 1. The highest BCUT2D eigenvalue weighted by atomic mass is 15.3. The average molecular weight is 709 g/mol. The van der Waals surface area contributed by atoms with Gasteiger partial charge < -0.3 is 31.5 Å². The van der Waals surface area contributed by atoms with Crippen LogP contribution in [0.4, 0.5) is 0 Å². The van der Waals surface area contributed by atoms with Gasteiger partial charge in [0.15, 0.2) is 0 Å². The van der Waals surface area contributed by atoms with Crippen LogP contribution in [0.3, 0.4) is 0 Å². The third-order valence-corrected chi connectivity index (χ3v) is 12.6. The van der Waals surface area contributed by atoms with Crippen molar-refractivity contribution in [1.29, 1.82) is 0 Å². The summed E-state index contributed by atoms with van der Waals surface area (Å²) in [5.74, 6) is 2.29. The van der Waals surface area contributed by atoms with E-state index in [0.717, 1.165) is 79.1 Å². The molecule has 3 fully saturated rings. The molecule has 1 saturated heterocycles. The second-order valence-corrected chi connectivity index (χ2v) is 16.5. The molecule has 286 valence electrons. The summed E-state index contributed by atoms with van der Waals surface area (Å²) < 4.78 is 0. The van der Waals surface area contributed by atoms with Gasteiger partial charge in [-0.15, -0.1) is 0 Å². The van der Waals surface area contributed by atoms with Crippen molar-refractivity contribution in [3.05, 3.63) is 122 Å². The van der Waals surface area contributed by atoms with E-state index in [0.29, 0.717) is 36.5 Å². The maximum absolute atomic E-state index is 4.41. The zero-order valence-corrected chi connectivity index (χ0v) is 33.4. The standard InChI is InChI=1S/C46H72N6/c1-12-45(10)44-27-38(8)52(46(44,45)11)26-18-14-15-19-34(4)48-30-36(6)49-32-37(7)51-43(29-40-20-16-13-17-21-40)39(9)50-31-35(5)47-25-24-42(33(2)3)28-41-22-23-41/h13,16-17,20-21,41-44,47-51H,2,4-9,12,14-15,18-19,22-32H2,1,3,10-11H3. The Morgan fingerprint density at radius 2 is 1.50 bits per heavy atom. The number of allylic oxidation sites excluding steroid dienone is 3. The fourth-order valence-electron chi connectivity index (χ4n) is 8.51. The van der Waals surface area contributed by atoms with E-state index in [1.807, 2.05) is 6.07 Å². The van der Waals surface area contributed by atoms with Crippen molar-refractivity contribution in [2.24, 2.45) is 23.2 Å². The molecule has 52 heavy (non-hydrogen) atoms. The number of unbranched alkanes of at least 4 members (excludes halogenated alkanes) is 2. The Bertz CT molecular complexity index is 1440. The van der Waals surface area contributed by atoms with Crippen molar-refractivity contribution < 1.29 is 0 Å². The number of fused-ring (bicyclic) bond motifs is 1. The highest BCUT2D eigenvalue weighted by molar-refractivity contribution is 5.34. The number of nitrogens with one attached hydrogen (secondary N) is 5. The van der Waals surface area contributed by atoms with Gasteiger partial charge >= 0.3 is 0 Å². The van der Waals surface area contributed by atoms with E-state index >= 15 is 0 Å². The van der Waals surface area contributed by atoms with Gasteiger partial charge in [-0.1, -0.05) is 115 Å². The highest BCUT2D eigenvalue weighted by Gasteiger charge is 2.75. The molecule has 3 aliphatic rings. The van der Waals surface area contributed by atoms with Crippen LogP contribution in [0.2, 0.25) is 0 Å². The fourth-order valence-corrected chi connectivity index (χ4v) is 8.51. The zero-order chi connectivity index (χ0) is 37.9. The van der Waals surface area contributed by atoms with Gasteiger partial charge in [0.25, 0.3) is 0 Å². The van der Waals surface area contributed by atoms with E-state index in [4.69, 9.17) is 0 Å². The number of rotatable bonds is 28. The van der Waals surface area contributed by atoms with E-state index in [1.165, 1.54) is 61.8 Å². The molecule has 1 heterocycles. The van der Waals surface area contributed by atoms with Gasteiger partial charge in [0.2, 0.25) is 0 Å². The second-order valence-electron chi connectivity index (χ2n) is 16.5. The van der Waals surface area contributed by atoms with E-state index in [1.54, 1.807) is 0 Å². The van der Waals surface area contributed by atoms with E-state index in [-0.39, 0.29) is 6.04 Å². The summed E-state index contributed by atoms with van der Waals surface area (Å²) in [4.78, 5) is 2.63. The summed E-state index contributed by atoms with van der Waals surface area (Å²) in [6.45, 7) is 43.5. The van der Waals surface area contributed by atoms with Gasteiger partial charge in [-0.2, -0.15) is 0 Å². The normalized spacial score (nSPS) is 22.8. The second kappa shape index (κ2) is 18.8. The third kappa shape index (κ3) is 11.1. The molecule has 0 radical (unpaired) electrons. The number of hydrogen-bond donors (Lipinski definition) is 5. The number of benzene rings is 1. The van der Waals surface area contributed by atoms with Gasteiger partial charge in [-0.3, -0.25) is 0 Å². The Kier molecular flexibility index (Phi) is 14.8. The molecule has 5 atom stereocenters. The quantitative estimate of drug-likeness (QED) is 0.0443. The van der Waals surface area contributed by atoms with Crippen LogP contribution in [0.15, 0.2) is 116 Å². The van der Waals surface area contributed by atoms with Crippen LogP contribution in [0.1, 0.15) is 97.5 Å².